The molecule has 1 fully saturated rings. The summed E-state index contributed by atoms with van der Waals surface area (Å²) in [6.45, 7) is 6.59. The normalized spacial score (nSPS) is 19.5. The van der Waals surface area contributed by atoms with E-state index in [-0.39, 0.29) is 5.91 Å². The molecule has 21 heavy (non-hydrogen) atoms. The van der Waals surface area contributed by atoms with Crippen LogP contribution in [0.4, 0.5) is 0 Å². The molecule has 1 aromatic heterocycles. The SMILES string of the molecule is O=C(CNCCN1CCCCC1)N1CCc2sccc2C1. The molecule has 1 N–H and O–H groups in total. The van der Waals surface area contributed by atoms with E-state index in [0.29, 0.717) is 6.54 Å². The number of piperidine rings is 1. The third-order valence-electron chi connectivity index (χ3n) is 4.49. The van der Waals surface area contributed by atoms with E-state index in [1.54, 1.807) is 0 Å². The van der Waals surface area contributed by atoms with Gasteiger partial charge < -0.3 is 15.1 Å². The van der Waals surface area contributed by atoms with Crippen molar-refractivity contribution in [3.05, 3.63) is 21.9 Å². The zero-order valence-corrected chi connectivity index (χ0v) is 13.5. The Hall–Kier alpha value is -0.910. The summed E-state index contributed by atoms with van der Waals surface area (Å²) in [5, 5.41) is 5.45. The molecule has 0 saturated carbocycles. The first-order valence-electron chi connectivity index (χ1n) is 8.09. The van der Waals surface area contributed by atoms with Crippen LogP contribution >= 0.6 is 11.3 Å². The quantitative estimate of drug-likeness (QED) is 0.841. The Morgan fingerprint density at radius 3 is 2.95 bits per heavy atom. The molecular weight excluding hydrogens is 282 g/mol. The first kappa shape index (κ1) is 15.0. The summed E-state index contributed by atoms with van der Waals surface area (Å²) in [6, 6.07) is 2.16. The van der Waals surface area contributed by atoms with Crippen molar-refractivity contribution in [1.29, 1.82) is 0 Å². The van der Waals surface area contributed by atoms with E-state index in [2.05, 4.69) is 21.7 Å². The molecule has 116 valence electrons. The number of nitrogens with zero attached hydrogens (tertiary/aromatic N) is 2. The Balaban J connectivity index is 1.35. The molecule has 3 heterocycles. The highest BCUT2D eigenvalue weighted by molar-refractivity contribution is 7.10. The number of carbonyl (C=O) groups is 1. The van der Waals surface area contributed by atoms with Crippen molar-refractivity contribution in [2.45, 2.75) is 32.2 Å². The van der Waals surface area contributed by atoms with E-state index in [4.69, 9.17) is 0 Å². The topological polar surface area (TPSA) is 35.6 Å². The second-order valence-electron chi connectivity index (χ2n) is 6.01. The Labute approximate surface area is 131 Å². The number of rotatable bonds is 5. The number of hydrogen-bond acceptors (Lipinski definition) is 4. The van der Waals surface area contributed by atoms with Crippen molar-refractivity contribution >= 4 is 17.2 Å². The van der Waals surface area contributed by atoms with E-state index in [1.165, 1.54) is 42.8 Å². The number of thiophene rings is 1. The molecule has 0 aromatic carbocycles. The van der Waals surface area contributed by atoms with Crippen molar-refractivity contribution < 1.29 is 4.79 Å². The van der Waals surface area contributed by atoms with Gasteiger partial charge in [-0.1, -0.05) is 6.42 Å². The monoisotopic (exact) mass is 307 g/mol. The molecule has 5 heteroatoms. The molecule has 1 saturated heterocycles. The molecule has 3 rings (SSSR count). The van der Waals surface area contributed by atoms with Gasteiger partial charge in [-0.3, -0.25) is 4.79 Å². The third-order valence-corrected chi connectivity index (χ3v) is 5.51. The number of fused-ring (bicyclic) bond motifs is 1. The molecule has 0 aliphatic carbocycles. The highest BCUT2D eigenvalue weighted by atomic mass is 32.1. The van der Waals surface area contributed by atoms with E-state index in [0.717, 1.165) is 32.6 Å². The summed E-state index contributed by atoms with van der Waals surface area (Å²) in [7, 11) is 0. The van der Waals surface area contributed by atoms with Crippen molar-refractivity contribution in [2.75, 3.05) is 39.3 Å². The van der Waals surface area contributed by atoms with Crippen LogP contribution in [-0.2, 0) is 17.8 Å². The highest BCUT2D eigenvalue weighted by Gasteiger charge is 2.20. The second-order valence-corrected chi connectivity index (χ2v) is 7.01. The predicted octanol–water partition coefficient (Wildman–Crippen LogP) is 1.71. The molecule has 2 aliphatic rings. The minimum Gasteiger partial charge on any atom is -0.337 e. The molecule has 1 amide bonds. The van der Waals surface area contributed by atoms with Gasteiger partial charge in [-0.2, -0.15) is 0 Å². The maximum Gasteiger partial charge on any atom is 0.236 e. The van der Waals surface area contributed by atoms with Crippen LogP contribution in [0, 0.1) is 0 Å². The fraction of sp³-hybridized carbons (Fsp3) is 0.688. The van der Waals surface area contributed by atoms with Crippen molar-refractivity contribution in [2.24, 2.45) is 0 Å². The number of amides is 1. The number of carbonyl (C=O) groups excluding carboxylic acids is 1. The van der Waals surface area contributed by atoms with Gasteiger partial charge >= 0.3 is 0 Å². The average Bonchev–Trinajstić information content (AvgIpc) is 3.00. The summed E-state index contributed by atoms with van der Waals surface area (Å²) >= 11 is 1.82. The average molecular weight is 307 g/mol. The molecule has 4 nitrogen and oxygen atoms in total. The van der Waals surface area contributed by atoms with Gasteiger partial charge in [0.2, 0.25) is 5.91 Å². The summed E-state index contributed by atoms with van der Waals surface area (Å²) in [4.78, 5) is 18.2. The summed E-state index contributed by atoms with van der Waals surface area (Å²) in [5.74, 6) is 0.241. The first-order valence-corrected chi connectivity index (χ1v) is 8.97. The van der Waals surface area contributed by atoms with Crippen molar-refractivity contribution in [1.82, 2.24) is 15.1 Å². The second kappa shape index (κ2) is 7.38. The molecule has 2 aliphatic heterocycles. The number of nitrogens with one attached hydrogen (secondary N) is 1. The molecule has 0 atom stereocenters. The van der Waals surface area contributed by atoms with Crippen LogP contribution < -0.4 is 5.32 Å². The van der Waals surface area contributed by atoms with Crippen LogP contribution in [0.5, 0.6) is 0 Å². The summed E-state index contributed by atoms with van der Waals surface area (Å²) in [6.07, 6.45) is 5.06. The molecule has 1 aromatic rings. The maximum atomic E-state index is 12.2. The van der Waals surface area contributed by atoms with Crippen LogP contribution in [-0.4, -0.2) is 55.0 Å². The zero-order valence-electron chi connectivity index (χ0n) is 12.6. The van der Waals surface area contributed by atoms with Gasteiger partial charge in [-0.15, -0.1) is 11.3 Å². The van der Waals surface area contributed by atoms with Crippen LogP contribution in [0.15, 0.2) is 11.4 Å². The molecular formula is C16H25N3OS. The lowest BCUT2D eigenvalue weighted by molar-refractivity contribution is -0.131. The fourth-order valence-electron chi connectivity index (χ4n) is 3.19. The summed E-state index contributed by atoms with van der Waals surface area (Å²) < 4.78 is 0. The molecule has 0 bridgehead atoms. The summed E-state index contributed by atoms with van der Waals surface area (Å²) in [5.41, 5.74) is 1.34. The van der Waals surface area contributed by atoms with E-state index >= 15 is 0 Å². The smallest absolute Gasteiger partial charge is 0.236 e. The number of likely N-dealkylation sites (tertiary alicyclic amines) is 1. The van der Waals surface area contributed by atoms with Crippen LogP contribution in [0.3, 0.4) is 0 Å². The number of hydrogen-bond donors (Lipinski definition) is 1. The largest absolute Gasteiger partial charge is 0.337 e. The Morgan fingerprint density at radius 2 is 2.10 bits per heavy atom. The van der Waals surface area contributed by atoms with Gasteiger partial charge in [0.1, 0.15) is 0 Å². The highest BCUT2D eigenvalue weighted by Crippen LogP contribution is 2.23. The lowest BCUT2D eigenvalue weighted by Gasteiger charge is -2.28. The third kappa shape index (κ3) is 4.05. The molecule has 0 spiro atoms. The van der Waals surface area contributed by atoms with Crippen LogP contribution in [0.25, 0.3) is 0 Å². The maximum absolute atomic E-state index is 12.2. The van der Waals surface area contributed by atoms with Gasteiger partial charge in [0.15, 0.2) is 0 Å². The van der Waals surface area contributed by atoms with Crippen LogP contribution in [0.2, 0.25) is 0 Å². The lowest BCUT2D eigenvalue weighted by Crippen LogP contribution is -2.43. The first-order chi connectivity index (χ1) is 10.3. The zero-order chi connectivity index (χ0) is 14.5. The van der Waals surface area contributed by atoms with Gasteiger partial charge in [0.25, 0.3) is 0 Å². The molecule has 0 radical (unpaired) electrons. The van der Waals surface area contributed by atoms with E-state index in [1.807, 2.05) is 16.2 Å². The predicted molar refractivity (Wildman–Crippen MR) is 86.6 cm³/mol. The molecule has 0 unspecified atom stereocenters. The van der Waals surface area contributed by atoms with Crippen LogP contribution in [0.1, 0.15) is 29.7 Å². The van der Waals surface area contributed by atoms with Crippen molar-refractivity contribution in [3.63, 3.8) is 0 Å². The van der Waals surface area contributed by atoms with E-state index < -0.39 is 0 Å². The van der Waals surface area contributed by atoms with Gasteiger partial charge in [-0.05, 0) is 49.4 Å². The van der Waals surface area contributed by atoms with Gasteiger partial charge in [0.05, 0.1) is 6.54 Å². The standard InChI is InChI=1S/C16H25N3OS/c20-16(12-17-6-10-18-7-2-1-3-8-18)19-9-4-15-14(13-19)5-11-21-15/h5,11,17H,1-4,6-10,12-13H2. The minimum atomic E-state index is 0.241. The minimum absolute atomic E-state index is 0.241. The lowest BCUT2D eigenvalue weighted by atomic mass is 10.1. The Morgan fingerprint density at radius 1 is 1.24 bits per heavy atom. The van der Waals surface area contributed by atoms with Gasteiger partial charge in [-0.25, -0.2) is 0 Å². The Kier molecular flexibility index (Phi) is 5.27. The fourth-order valence-corrected chi connectivity index (χ4v) is 4.08. The van der Waals surface area contributed by atoms with E-state index in [9.17, 15) is 4.79 Å². The Bertz CT molecular complexity index is 468. The van der Waals surface area contributed by atoms with Crippen molar-refractivity contribution in [3.8, 4) is 0 Å². The van der Waals surface area contributed by atoms with Gasteiger partial charge in [0, 0.05) is 31.1 Å².